The third-order valence-electron chi connectivity index (χ3n) is 4.03. The highest BCUT2D eigenvalue weighted by molar-refractivity contribution is 9.10. The van der Waals surface area contributed by atoms with E-state index in [1.807, 2.05) is 0 Å². The lowest BCUT2D eigenvalue weighted by Gasteiger charge is -2.12. The van der Waals surface area contributed by atoms with Crippen molar-refractivity contribution in [2.75, 3.05) is 6.54 Å². The van der Waals surface area contributed by atoms with E-state index in [0.717, 1.165) is 24.0 Å². The first kappa shape index (κ1) is 12.2. The van der Waals surface area contributed by atoms with E-state index in [9.17, 15) is 0 Å². The molecule has 3 heteroatoms. The fourth-order valence-electron chi connectivity index (χ4n) is 3.03. The molecule has 3 aromatic rings. The van der Waals surface area contributed by atoms with Crippen LogP contribution in [0.15, 0.2) is 46.9 Å². The third kappa shape index (κ3) is 1.89. The van der Waals surface area contributed by atoms with Crippen molar-refractivity contribution < 1.29 is 0 Å². The number of nitrogens with one attached hydrogen (secondary N) is 2. The van der Waals surface area contributed by atoms with Crippen LogP contribution in [0.5, 0.6) is 0 Å². The number of aromatic amines is 1. The van der Waals surface area contributed by atoms with Gasteiger partial charge in [-0.05, 0) is 47.9 Å². The monoisotopic (exact) mass is 326 g/mol. The summed E-state index contributed by atoms with van der Waals surface area (Å²) in [6.45, 7) is 2.02. The molecule has 100 valence electrons. The maximum Gasteiger partial charge on any atom is 0.0459 e. The molecule has 0 spiro atoms. The van der Waals surface area contributed by atoms with Gasteiger partial charge in [-0.15, -0.1) is 0 Å². The van der Waals surface area contributed by atoms with Gasteiger partial charge in [0.1, 0.15) is 0 Å². The van der Waals surface area contributed by atoms with Crippen LogP contribution in [-0.2, 0) is 13.0 Å². The Morgan fingerprint density at radius 3 is 2.85 bits per heavy atom. The van der Waals surface area contributed by atoms with E-state index in [1.54, 1.807) is 0 Å². The molecule has 1 aliphatic rings. The minimum Gasteiger partial charge on any atom is -0.357 e. The Kier molecular flexibility index (Phi) is 2.90. The first-order valence-corrected chi connectivity index (χ1v) is 7.71. The van der Waals surface area contributed by atoms with Crippen molar-refractivity contribution in [3.8, 4) is 11.1 Å². The van der Waals surface area contributed by atoms with Gasteiger partial charge in [-0.1, -0.05) is 40.2 Å². The number of halogens is 1. The fraction of sp³-hybridized carbons (Fsp3) is 0.176. The normalized spacial score (nSPS) is 14.4. The predicted molar refractivity (Wildman–Crippen MR) is 86.8 cm³/mol. The summed E-state index contributed by atoms with van der Waals surface area (Å²) in [5.41, 5.74) is 6.58. The van der Waals surface area contributed by atoms with Gasteiger partial charge in [0, 0.05) is 27.6 Å². The lowest BCUT2D eigenvalue weighted by molar-refractivity contribution is 0.637. The number of hydrogen-bond acceptors (Lipinski definition) is 1. The number of rotatable bonds is 1. The molecule has 20 heavy (non-hydrogen) atoms. The van der Waals surface area contributed by atoms with Crippen molar-refractivity contribution in [3.05, 3.63) is 58.2 Å². The molecule has 1 aromatic heterocycles. The summed E-state index contributed by atoms with van der Waals surface area (Å²) < 4.78 is 1.14. The van der Waals surface area contributed by atoms with Gasteiger partial charge in [0.05, 0.1) is 0 Å². The predicted octanol–water partition coefficient (Wildman–Crippen LogP) is 4.24. The van der Waals surface area contributed by atoms with Crippen LogP contribution in [-0.4, -0.2) is 11.5 Å². The van der Waals surface area contributed by atoms with Crippen LogP contribution in [0.3, 0.4) is 0 Å². The summed E-state index contributed by atoms with van der Waals surface area (Å²) in [4.78, 5) is 3.54. The van der Waals surface area contributed by atoms with Gasteiger partial charge in [0.15, 0.2) is 0 Å². The smallest absolute Gasteiger partial charge is 0.0459 e. The molecular weight excluding hydrogens is 312 g/mol. The number of hydrogen-bond donors (Lipinski definition) is 2. The molecular formula is C17H15BrN2. The molecule has 0 bridgehead atoms. The summed E-state index contributed by atoms with van der Waals surface area (Å²) in [6, 6.07) is 15.1. The van der Waals surface area contributed by atoms with Crippen molar-refractivity contribution >= 4 is 26.8 Å². The highest BCUT2D eigenvalue weighted by atomic mass is 79.9. The van der Waals surface area contributed by atoms with E-state index >= 15 is 0 Å². The Morgan fingerprint density at radius 2 is 1.95 bits per heavy atom. The second kappa shape index (κ2) is 4.76. The molecule has 0 atom stereocenters. The summed E-state index contributed by atoms with van der Waals surface area (Å²) in [5.74, 6) is 0. The van der Waals surface area contributed by atoms with Gasteiger partial charge >= 0.3 is 0 Å². The lowest BCUT2D eigenvalue weighted by Crippen LogP contribution is -2.22. The quantitative estimate of drug-likeness (QED) is 0.687. The zero-order valence-electron chi connectivity index (χ0n) is 11.0. The van der Waals surface area contributed by atoms with Gasteiger partial charge in [-0.3, -0.25) is 0 Å². The maximum absolute atomic E-state index is 3.64. The Labute approximate surface area is 126 Å². The fourth-order valence-corrected chi connectivity index (χ4v) is 3.54. The van der Waals surface area contributed by atoms with Crippen molar-refractivity contribution in [1.82, 2.24) is 10.3 Å². The molecule has 0 saturated heterocycles. The van der Waals surface area contributed by atoms with E-state index < -0.39 is 0 Å². The van der Waals surface area contributed by atoms with E-state index in [4.69, 9.17) is 0 Å². The van der Waals surface area contributed by atoms with Gasteiger partial charge < -0.3 is 10.3 Å². The first-order chi connectivity index (χ1) is 9.83. The third-order valence-corrected chi connectivity index (χ3v) is 4.72. The SMILES string of the molecule is Brc1ccccc1-c1ccc2[nH]c3c(c2c1)CCNC3. The summed E-state index contributed by atoms with van der Waals surface area (Å²) in [6.07, 6.45) is 1.11. The molecule has 2 nitrogen and oxygen atoms in total. The van der Waals surface area contributed by atoms with Crippen LogP contribution in [0.4, 0.5) is 0 Å². The van der Waals surface area contributed by atoms with Crippen molar-refractivity contribution in [1.29, 1.82) is 0 Å². The van der Waals surface area contributed by atoms with Gasteiger partial charge in [0.25, 0.3) is 0 Å². The lowest BCUT2D eigenvalue weighted by atomic mass is 10.00. The second-order valence-corrected chi connectivity index (χ2v) is 6.10. The summed E-state index contributed by atoms with van der Waals surface area (Å²) in [7, 11) is 0. The number of benzene rings is 2. The molecule has 0 fully saturated rings. The summed E-state index contributed by atoms with van der Waals surface area (Å²) in [5, 5.41) is 4.79. The van der Waals surface area contributed by atoms with Crippen LogP contribution >= 0.6 is 15.9 Å². The second-order valence-electron chi connectivity index (χ2n) is 5.25. The van der Waals surface area contributed by atoms with Crippen LogP contribution in [0, 0.1) is 0 Å². The van der Waals surface area contributed by atoms with Crippen molar-refractivity contribution in [2.45, 2.75) is 13.0 Å². The van der Waals surface area contributed by atoms with Crippen molar-refractivity contribution in [2.24, 2.45) is 0 Å². The highest BCUT2D eigenvalue weighted by Gasteiger charge is 2.15. The largest absolute Gasteiger partial charge is 0.357 e. The molecule has 2 aromatic carbocycles. The zero-order valence-corrected chi connectivity index (χ0v) is 12.6. The standard InChI is InChI=1S/C17H15BrN2/c18-15-4-2-1-3-12(15)11-5-6-16-14(9-11)13-7-8-19-10-17(13)20-16/h1-6,9,19-20H,7-8,10H2. The van der Waals surface area contributed by atoms with Crippen molar-refractivity contribution in [3.63, 3.8) is 0 Å². The van der Waals surface area contributed by atoms with Gasteiger partial charge in [-0.25, -0.2) is 0 Å². The molecule has 2 N–H and O–H groups in total. The van der Waals surface area contributed by atoms with Gasteiger partial charge in [-0.2, -0.15) is 0 Å². The topological polar surface area (TPSA) is 27.8 Å². The Balaban J connectivity index is 1.92. The number of fused-ring (bicyclic) bond motifs is 3. The average Bonchev–Trinajstić information content (AvgIpc) is 2.85. The van der Waals surface area contributed by atoms with Crippen LogP contribution in [0.1, 0.15) is 11.3 Å². The van der Waals surface area contributed by atoms with Gasteiger partial charge in [0.2, 0.25) is 0 Å². The Hall–Kier alpha value is -1.58. The number of aromatic nitrogens is 1. The van der Waals surface area contributed by atoms with E-state index in [-0.39, 0.29) is 0 Å². The first-order valence-electron chi connectivity index (χ1n) is 6.92. The van der Waals surface area contributed by atoms with E-state index in [2.05, 4.69) is 68.7 Å². The maximum atomic E-state index is 3.64. The van der Waals surface area contributed by atoms with E-state index in [1.165, 1.54) is 33.3 Å². The minimum atomic E-state index is 0.953. The molecule has 1 aliphatic heterocycles. The molecule has 0 saturated carbocycles. The van der Waals surface area contributed by atoms with Crippen LogP contribution in [0.25, 0.3) is 22.0 Å². The molecule has 4 rings (SSSR count). The minimum absolute atomic E-state index is 0.953. The molecule has 0 amide bonds. The molecule has 0 radical (unpaired) electrons. The molecule has 0 aliphatic carbocycles. The van der Waals surface area contributed by atoms with E-state index in [0.29, 0.717) is 0 Å². The zero-order chi connectivity index (χ0) is 13.5. The number of H-pyrrole nitrogens is 1. The average molecular weight is 327 g/mol. The molecule has 0 unspecified atom stereocenters. The Morgan fingerprint density at radius 1 is 1.05 bits per heavy atom. The van der Waals surface area contributed by atoms with Crippen LogP contribution < -0.4 is 5.32 Å². The summed E-state index contributed by atoms with van der Waals surface area (Å²) >= 11 is 3.64. The Bertz CT molecular complexity index is 789. The van der Waals surface area contributed by atoms with Crippen LogP contribution in [0.2, 0.25) is 0 Å². The highest BCUT2D eigenvalue weighted by Crippen LogP contribution is 2.33. The molecule has 2 heterocycles.